The highest BCUT2D eigenvalue weighted by Crippen LogP contribution is 2.36. The van der Waals surface area contributed by atoms with Gasteiger partial charge >= 0.3 is 0 Å². The molecule has 2 heterocycles. The first kappa shape index (κ1) is 13.1. The Bertz CT molecular complexity index is 364. The Balaban J connectivity index is 2.23. The van der Waals surface area contributed by atoms with Gasteiger partial charge in [0.1, 0.15) is 0 Å². The number of hydrogen-bond donors (Lipinski definition) is 1. The molecule has 2 unspecified atom stereocenters. The van der Waals surface area contributed by atoms with E-state index in [1.165, 1.54) is 17.3 Å². The molecule has 0 amide bonds. The molecule has 1 aliphatic rings. The van der Waals surface area contributed by atoms with Crippen molar-refractivity contribution < 1.29 is 4.74 Å². The van der Waals surface area contributed by atoms with Crippen LogP contribution in [0, 0.1) is 0 Å². The molecule has 6 heteroatoms. The third kappa shape index (κ3) is 2.74. The Hall–Kier alpha value is -0.330. The number of aromatic nitrogens is 2. The fourth-order valence-electron chi connectivity index (χ4n) is 2.14. The Labute approximate surface area is 111 Å². The van der Waals surface area contributed by atoms with Crippen molar-refractivity contribution in [2.24, 2.45) is 7.05 Å². The fourth-order valence-corrected chi connectivity index (χ4v) is 5.02. The molecule has 2 atom stereocenters. The number of methoxy groups -OCH3 is 1. The van der Waals surface area contributed by atoms with Gasteiger partial charge in [0.05, 0.1) is 25.0 Å². The summed E-state index contributed by atoms with van der Waals surface area (Å²) in [5.41, 5.74) is 1.15. The van der Waals surface area contributed by atoms with Crippen LogP contribution in [0.3, 0.4) is 0 Å². The second-order valence-electron chi connectivity index (χ2n) is 3.97. The molecule has 1 aromatic heterocycles. The van der Waals surface area contributed by atoms with Gasteiger partial charge in [-0.1, -0.05) is 0 Å². The zero-order chi connectivity index (χ0) is 12.3. The highest BCUT2D eigenvalue weighted by molar-refractivity contribution is 8.06. The standard InChI is InChI=1S/C11H19N3OS2/c1-12-10(9-7-16-4-5-17-9)11-8(15-3)6-13-14(11)2/h6,9-10,12H,4-5,7H2,1-3H3. The summed E-state index contributed by atoms with van der Waals surface area (Å²) >= 11 is 4.07. The van der Waals surface area contributed by atoms with Gasteiger partial charge in [-0.15, -0.1) is 0 Å². The maximum absolute atomic E-state index is 5.40. The van der Waals surface area contributed by atoms with E-state index < -0.39 is 0 Å². The summed E-state index contributed by atoms with van der Waals surface area (Å²) in [6.45, 7) is 0. The molecule has 0 aromatic carbocycles. The molecular weight excluding hydrogens is 254 g/mol. The van der Waals surface area contributed by atoms with Crippen LogP contribution in [0.4, 0.5) is 0 Å². The molecule has 1 fully saturated rings. The molecule has 0 aliphatic carbocycles. The fraction of sp³-hybridized carbons (Fsp3) is 0.727. The zero-order valence-electron chi connectivity index (χ0n) is 10.5. The van der Waals surface area contributed by atoms with E-state index in [0.717, 1.165) is 11.4 Å². The zero-order valence-corrected chi connectivity index (χ0v) is 12.1. The van der Waals surface area contributed by atoms with Crippen LogP contribution in [0.15, 0.2) is 6.20 Å². The number of nitrogens with one attached hydrogen (secondary N) is 1. The lowest BCUT2D eigenvalue weighted by Gasteiger charge is -2.29. The van der Waals surface area contributed by atoms with Crippen molar-refractivity contribution in [1.82, 2.24) is 15.1 Å². The van der Waals surface area contributed by atoms with Gasteiger partial charge in [0.2, 0.25) is 0 Å². The van der Waals surface area contributed by atoms with E-state index in [2.05, 4.69) is 10.4 Å². The summed E-state index contributed by atoms with van der Waals surface area (Å²) in [6.07, 6.45) is 1.79. The van der Waals surface area contributed by atoms with E-state index in [1.807, 2.05) is 42.3 Å². The van der Waals surface area contributed by atoms with E-state index in [4.69, 9.17) is 4.74 Å². The third-order valence-electron chi connectivity index (χ3n) is 2.99. The molecule has 0 saturated carbocycles. The first-order chi connectivity index (χ1) is 8.27. The molecule has 2 rings (SSSR count). The van der Waals surface area contributed by atoms with Crippen LogP contribution in [0.2, 0.25) is 0 Å². The van der Waals surface area contributed by atoms with Crippen molar-refractivity contribution in [2.75, 3.05) is 31.4 Å². The van der Waals surface area contributed by atoms with E-state index >= 15 is 0 Å². The monoisotopic (exact) mass is 273 g/mol. The molecule has 1 N–H and O–H groups in total. The van der Waals surface area contributed by atoms with Crippen LogP contribution in [0.1, 0.15) is 11.7 Å². The summed E-state index contributed by atoms with van der Waals surface area (Å²) in [5.74, 6) is 4.56. The quantitative estimate of drug-likeness (QED) is 0.901. The lowest BCUT2D eigenvalue weighted by Crippen LogP contribution is -2.33. The number of aryl methyl sites for hydroxylation is 1. The number of nitrogens with zero attached hydrogens (tertiary/aromatic N) is 2. The molecule has 1 aromatic rings. The van der Waals surface area contributed by atoms with E-state index in [1.54, 1.807) is 13.3 Å². The minimum absolute atomic E-state index is 0.301. The van der Waals surface area contributed by atoms with Crippen molar-refractivity contribution in [3.63, 3.8) is 0 Å². The summed E-state index contributed by atoms with van der Waals surface area (Å²) in [7, 11) is 5.69. The molecule has 1 saturated heterocycles. The van der Waals surface area contributed by atoms with E-state index in [-0.39, 0.29) is 0 Å². The Morgan fingerprint density at radius 2 is 2.41 bits per heavy atom. The minimum atomic E-state index is 0.301. The van der Waals surface area contributed by atoms with Crippen LogP contribution < -0.4 is 10.1 Å². The van der Waals surface area contributed by atoms with Crippen LogP contribution in [-0.2, 0) is 7.05 Å². The predicted octanol–water partition coefficient (Wildman–Crippen LogP) is 1.54. The predicted molar refractivity (Wildman–Crippen MR) is 75.1 cm³/mol. The largest absolute Gasteiger partial charge is 0.493 e. The van der Waals surface area contributed by atoms with Gasteiger partial charge in [0.15, 0.2) is 5.75 Å². The molecule has 0 spiro atoms. The van der Waals surface area contributed by atoms with Crippen molar-refractivity contribution in [1.29, 1.82) is 0 Å². The molecule has 17 heavy (non-hydrogen) atoms. The summed E-state index contributed by atoms with van der Waals surface area (Å²) in [4.78, 5) is 0. The van der Waals surface area contributed by atoms with Gasteiger partial charge in [0, 0.05) is 29.6 Å². The maximum Gasteiger partial charge on any atom is 0.161 e. The van der Waals surface area contributed by atoms with Crippen molar-refractivity contribution in [3.8, 4) is 5.75 Å². The molecule has 0 radical (unpaired) electrons. The summed E-state index contributed by atoms with van der Waals surface area (Å²) < 4.78 is 7.32. The SMILES string of the molecule is CNC(c1c(OC)cnn1C)C1CSCCS1. The highest BCUT2D eigenvalue weighted by Gasteiger charge is 2.29. The molecule has 4 nitrogen and oxygen atoms in total. The average molecular weight is 273 g/mol. The topological polar surface area (TPSA) is 39.1 Å². The van der Waals surface area contributed by atoms with E-state index in [9.17, 15) is 0 Å². The van der Waals surface area contributed by atoms with Gasteiger partial charge in [0.25, 0.3) is 0 Å². The Morgan fingerprint density at radius 3 is 3.00 bits per heavy atom. The van der Waals surface area contributed by atoms with Gasteiger partial charge in [-0.2, -0.15) is 28.6 Å². The first-order valence-corrected chi connectivity index (χ1v) is 7.90. The van der Waals surface area contributed by atoms with Crippen LogP contribution >= 0.6 is 23.5 Å². The lowest BCUT2D eigenvalue weighted by molar-refractivity contribution is 0.397. The van der Waals surface area contributed by atoms with Gasteiger partial charge < -0.3 is 10.1 Å². The van der Waals surface area contributed by atoms with Gasteiger partial charge in [-0.3, -0.25) is 4.68 Å². The first-order valence-electron chi connectivity index (χ1n) is 5.70. The Kier molecular flexibility index (Phi) is 4.64. The summed E-state index contributed by atoms with van der Waals surface area (Å²) in [6, 6.07) is 0.301. The minimum Gasteiger partial charge on any atom is -0.493 e. The normalized spacial score (nSPS) is 22.4. The smallest absolute Gasteiger partial charge is 0.161 e. The molecule has 96 valence electrons. The molecule has 0 bridgehead atoms. The van der Waals surface area contributed by atoms with Crippen LogP contribution in [0.5, 0.6) is 5.75 Å². The van der Waals surface area contributed by atoms with Crippen molar-refractivity contribution >= 4 is 23.5 Å². The second-order valence-corrected chi connectivity index (χ2v) is 6.47. The molecular formula is C11H19N3OS2. The number of hydrogen-bond acceptors (Lipinski definition) is 5. The summed E-state index contributed by atoms with van der Waals surface area (Å²) in [5, 5.41) is 8.29. The van der Waals surface area contributed by atoms with Crippen LogP contribution in [0.25, 0.3) is 0 Å². The molecule has 1 aliphatic heterocycles. The number of rotatable bonds is 4. The average Bonchev–Trinajstić information content (AvgIpc) is 2.74. The lowest BCUT2D eigenvalue weighted by atomic mass is 10.1. The highest BCUT2D eigenvalue weighted by atomic mass is 32.2. The van der Waals surface area contributed by atoms with Gasteiger partial charge in [-0.25, -0.2) is 0 Å². The maximum atomic E-state index is 5.40. The van der Waals surface area contributed by atoms with Crippen molar-refractivity contribution in [2.45, 2.75) is 11.3 Å². The second kappa shape index (κ2) is 6.02. The third-order valence-corrected chi connectivity index (χ3v) is 5.85. The van der Waals surface area contributed by atoms with Crippen molar-refractivity contribution in [3.05, 3.63) is 11.9 Å². The van der Waals surface area contributed by atoms with Crippen LogP contribution in [-0.4, -0.2) is 46.4 Å². The Morgan fingerprint density at radius 1 is 1.59 bits per heavy atom. The van der Waals surface area contributed by atoms with E-state index in [0.29, 0.717) is 11.3 Å². The number of thioether (sulfide) groups is 2. The number of ether oxygens (including phenoxy) is 1. The van der Waals surface area contributed by atoms with Gasteiger partial charge in [-0.05, 0) is 7.05 Å².